The number of para-hydroxylation sites is 2. The quantitative estimate of drug-likeness (QED) is 0.162. The van der Waals surface area contributed by atoms with E-state index in [4.69, 9.17) is 0 Å². The van der Waals surface area contributed by atoms with Gasteiger partial charge >= 0.3 is 0 Å². The molecule has 0 bridgehead atoms. The van der Waals surface area contributed by atoms with E-state index in [-0.39, 0.29) is 0 Å². The lowest BCUT2D eigenvalue weighted by molar-refractivity contribution is 1.18. The summed E-state index contributed by atoms with van der Waals surface area (Å²) < 4.78 is 4.83. The van der Waals surface area contributed by atoms with Crippen LogP contribution < -0.4 is 0 Å². The normalized spacial score (nSPS) is 11.6. The monoisotopic (exact) mass is 712 g/mol. The van der Waals surface area contributed by atoms with Gasteiger partial charge in [-0.1, -0.05) is 164 Å². The molecule has 0 saturated carbocycles. The van der Waals surface area contributed by atoms with Crippen molar-refractivity contribution < 1.29 is 0 Å². The van der Waals surface area contributed by atoms with E-state index in [1.54, 1.807) is 0 Å². The van der Waals surface area contributed by atoms with Crippen LogP contribution in [-0.2, 0) is 0 Å². The molecule has 0 radical (unpaired) electrons. The zero-order valence-corrected chi connectivity index (χ0v) is 30.7. The van der Waals surface area contributed by atoms with Crippen LogP contribution in [0.15, 0.2) is 218 Å². The molecule has 0 amide bonds. The summed E-state index contributed by atoms with van der Waals surface area (Å²) in [6.45, 7) is 0. The first kappa shape index (κ1) is 32.0. The third-order valence-electron chi connectivity index (χ3n) is 11.3. The summed E-state index contributed by atoms with van der Waals surface area (Å²) in [5.41, 5.74) is 16.8. The highest BCUT2D eigenvalue weighted by molar-refractivity contribution is 6.17. The van der Waals surface area contributed by atoms with Gasteiger partial charge in [-0.15, -0.1) is 0 Å². The SMILES string of the molecule is c1ccc(-c2ccc(-c3cccc(-n4c5ccccc5c5c(-c6ccc7c(c6)c6ccccc6n7-c6ccc(-c7ccccc7)cc6)cccc54)c3)cc2)cc1. The Hall–Kier alpha value is -7.42. The van der Waals surface area contributed by atoms with Crippen molar-refractivity contribution in [1.82, 2.24) is 9.13 Å². The van der Waals surface area contributed by atoms with Gasteiger partial charge in [0.25, 0.3) is 0 Å². The van der Waals surface area contributed by atoms with Crippen LogP contribution in [0.4, 0.5) is 0 Å². The van der Waals surface area contributed by atoms with Crippen LogP contribution in [0.25, 0.3) is 99.5 Å². The molecule has 9 aromatic carbocycles. The number of nitrogens with zero attached hydrogens (tertiary/aromatic N) is 2. The van der Waals surface area contributed by atoms with Gasteiger partial charge in [-0.3, -0.25) is 0 Å². The second-order valence-corrected chi connectivity index (χ2v) is 14.5. The highest BCUT2D eigenvalue weighted by Gasteiger charge is 2.18. The Morgan fingerprint density at radius 3 is 1.39 bits per heavy atom. The summed E-state index contributed by atoms with van der Waals surface area (Å²) in [5.74, 6) is 0. The first-order valence-corrected chi connectivity index (χ1v) is 19.3. The molecule has 0 fully saturated rings. The lowest BCUT2D eigenvalue weighted by Gasteiger charge is -2.12. The van der Waals surface area contributed by atoms with E-state index in [1.165, 1.54) is 88.1 Å². The topological polar surface area (TPSA) is 9.86 Å². The Balaban J connectivity index is 1.03. The molecule has 0 aliphatic carbocycles. The molecule has 0 aliphatic heterocycles. The molecule has 2 heteroatoms. The molecule has 2 aromatic heterocycles. The van der Waals surface area contributed by atoms with Crippen LogP contribution in [0.2, 0.25) is 0 Å². The van der Waals surface area contributed by atoms with Gasteiger partial charge < -0.3 is 9.13 Å². The molecule has 0 spiro atoms. The maximum atomic E-state index is 2.43. The van der Waals surface area contributed by atoms with E-state index in [9.17, 15) is 0 Å². The summed E-state index contributed by atoms with van der Waals surface area (Å²) in [6.07, 6.45) is 0. The average molecular weight is 713 g/mol. The van der Waals surface area contributed by atoms with Crippen LogP contribution in [0.3, 0.4) is 0 Å². The van der Waals surface area contributed by atoms with Gasteiger partial charge in [0.1, 0.15) is 0 Å². The van der Waals surface area contributed by atoms with Crippen molar-refractivity contribution in [1.29, 1.82) is 0 Å². The van der Waals surface area contributed by atoms with Crippen molar-refractivity contribution in [2.24, 2.45) is 0 Å². The third kappa shape index (κ3) is 5.26. The molecule has 0 unspecified atom stereocenters. The van der Waals surface area contributed by atoms with Gasteiger partial charge in [-0.2, -0.15) is 0 Å². The standard InChI is InChI=1S/C54H36N2/c1-3-13-37(14-4-1)39-25-27-41(28-26-39)42-17-11-18-45(35-42)56-51-23-10-8-20-48(51)54-46(21-12-24-53(54)56)43-31-34-52-49(36-43)47-19-7-9-22-50(47)55(52)44-32-29-40(30-33-44)38-15-5-2-6-16-38/h1-36H. The lowest BCUT2D eigenvalue weighted by atomic mass is 9.98. The molecule has 0 atom stereocenters. The van der Waals surface area contributed by atoms with Crippen LogP contribution in [0, 0.1) is 0 Å². The first-order valence-electron chi connectivity index (χ1n) is 19.3. The molecular weight excluding hydrogens is 677 g/mol. The fraction of sp³-hybridized carbons (Fsp3) is 0. The first-order chi connectivity index (χ1) is 27.8. The maximum Gasteiger partial charge on any atom is 0.0547 e. The zero-order chi connectivity index (χ0) is 37.0. The molecular formula is C54H36N2. The highest BCUT2D eigenvalue weighted by atomic mass is 15.0. The summed E-state index contributed by atoms with van der Waals surface area (Å²) >= 11 is 0. The molecule has 11 rings (SSSR count). The van der Waals surface area contributed by atoms with Gasteiger partial charge in [-0.05, 0) is 99.1 Å². The van der Waals surface area contributed by atoms with E-state index in [0.717, 1.165) is 11.4 Å². The molecule has 0 saturated heterocycles. The van der Waals surface area contributed by atoms with Gasteiger partial charge in [0.15, 0.2) is 0 Å². The van der Waals surface area contributed by atoms with Crippen LogP contribution in [0.5, 0.6) is 0 Å². The molecule has 0 aliphatic rings. The van der Waals surface area contributed by atoms with E-state index >= 15 is 0 Å². The van der Waals surface area contributed by atoms with Crippen molar-refractivity contribution in [3.8, 4) is 55.9 Å². The van der Waals surface area contributed by atoms with E-state index in [2.05, 4.69) is 228 Å². The predicted octanol–water partition coefficient (Wildman–Crippen LogP) is 14.5. The highest BCUT2D eigenvalue weighted by Crippen LogP contribution is 2.41. The van der Waals surface area contributed by atoms with Gasteiger partial charge in [0.2, 0.25) is 0 Å². The van der Waals surface area contributed by atoms with Crippen LogP contribution in [0.1, 0.15) is 0 Å². The third-order valence-corrected chi connectivity index (χ3v) is 11.3. The van der Waals surface area contributed by atoms with Crippen molar-refractivity contribution in [2.45, 2.75) is 0 Å². The molecule has 0 N–H and O–H groups in total. The number of rotatable bonds is 6. The summed E-state index contributed by atoms with van der Waals surface area (Å²) in [4.78, 5) is 0. The Bertz CT molecular complexity index is 3200. The Morgan fingerprint density at radius 2 is 0.696 bits per heavy atom. The van der Waals surface area contributed by atoms with E-state index < -0.39 is 0 Å². The van der Waals surface area contributed by atoms with Gasteiger partial charge in [0, 0.05) is 32.9 Å². The maximum absolute atomic E-state index is 2.43. The molecule has 56 heavy (non-hydrogen) atoms. The number of hydrogen-bond acceptors (Lipinski definition) is 0. The zero-order valence-electron chi connectivity index (χ0n) is 30.7. The Kier molecular flexibility index (Phi) is 7.53. The summed E-state index contributed by atoms with van der Waals surface area (Å²) in [6, 6.07) is 79.3. The predicted molar refractivity (Wildman–Crippen MR) is 237 cm³/mol. The van der Waals surface area contributed by atoms with Crippen molar-refractivity contribution >= 4 is 43.6 Å². The largest absolute Gasteiger partial charge is 0.309 e. The minimum absolute atomic E-state index is 1.15. The Labute approximate surface area is 325 Å². The molecule has 2 nitrogen and oxygen atoms in total. The number of benzene rings is 9. The second kappa shape index (κ2) is 13.2. The number of hydrogen-bond donors (Lipinski definition) is 0. The smallest absolute Gasteiger partial charge is 0.0547 e. The lowest BCUT2D eigenvalue weighted by Crippen LogP contribution is -1.94. The van der Waals surface area contributed by atoms with Crippen LogP contribution >= 0.6 is 0 Å². The summed E-state index contributed by atoms with van der Waals surface area (Å²) in [5, 5.41) is 5.01. The van der Waals surface area contributed by atoms with E-state index in [0.29, 0.717) is 0 Å². The average Bonchev–Trinajstić information content (AvgIpc) is 3.80. The Morgan fingerprint density at radius 1 is 0.232 bits per heavy atom. The van der Waals surface area contributed by atoms with Gasteiger partial charge in [0.05, 0.1) is 22.1 Å². The van der Waals surface area contributed by atoms with Gasteiger partial charge in [-0.25, -0.2) is 0 Å². The van der Waals surface area contributed by atoms with Crippen LogP contribution in [-0.4, -0.2) is 9.13 Å². The second-order valence-electron chi connectivity index (χ2n) is 14.5. The molecule has 262 valence electrons. The minimum atomic E-state index is 1.15. The fourth-order valence-electron chi connectivity index (χ4n) is 8.70. The fourth-order valence-corrected chi connectivity index (χ4v) is 8.70. The minimum Gasteiger partial charge on any atom is -0.309 e. The van der Waals surface area contributed by atoms with Crippen molar-refractivity contribution in [3.05, 3.63) is 218 Å². The number of fused-ring (bicyclic) bond motifs is 6. The van der Waals surface area contributed by atoms with Crippen molar-refractivity contribution in [3.63, 3.8) is 0 Å². The van der Waals surface area contributed by atoms with E-state index in [1.807, 2.05) is 0 Å². The number of aromatic nitrogens is 2. The summed E-state index contributed by atoms with van der Waals surface area (Å²) in [7, 11) is 0. The van der Waals surface area contributed by atoms with Crippen molar-refractivity contribution in [2.75, 3.05) is 0 Å². The molecule has 2 heterocycles. The molecule has 11 aromatic rings.